The van der Waals surface area contributed by atoms with Gasteiger partial charge >= 0.3 is 0 Å². The maximum absolute atomic E-state index is 11.8. The highest BCUT2D eigenvalue weighted by atomic mass is 16.2. The minimum atomic E-state index is -0.490. The lowest BCUT2D eigenvalue weighted by atomic mass is 9.93. The third-order valence-corrected chi connectivity index (χ3v) is 3.29. The molecule has 0 radical (unpaired) electrons. The number of Topliss-reactive ketones (excluding diaryl/α,β-unsaturated/α-hetero) is 2. The zero-order valence-corrected chi connectivity index (χ0v) is 10.9. The van der Waals surface area contributed by atoms with Gasteiger partial charge in [0.15, 0.2) is 5.78 Å². The summed E-state index contributed by atoms with van der Waals surface area (Å²) in [5.74, 6) is -0.376. The van der Waals surface area contributed by atoms with Gasteiger partial charge in [0.2, 0.25) is 5.91 Å². The average Bonchev–Trinajstić information content (AvgIpc) is 2.36. The molecule has 1 amide bonds. The molecule has 1 aromatic carbocycles. The molecule has 1 unspecified atom stereocenters. The van der Waals surface area contributed by atoms with Crippen molar-refractivity contribution in [2.24, 2.45) is 0 Å². The number of carbonyl (C=O) groups is 3. The van der Waals surface area contributed by atoms with Crippen LogP contribution in [0, 0.1) is 6.92 Å². The van der Waals surface area contributed by atoms with Crippen LogP contribution in [0.15, 0.2) is 24.3 Å². The lowest BCUT2D eigenvalue weighted by molar-refractivity contribution is -0.134. The summed E-state index contributed by atoms with van der Waals surface area (Å²) in [4.78, 5) is 34.5. The fraction of sp³-hybridized carbons (Fsp3) is 0.400. The van der Waals surface area contributed by atoms with E-state index in [1.54, 1.807) is 0 Å². The molecule has 1 aliphatic rings. The van der Waals surface area contributed by atoms with E-state index in [4.69, 9.17) is 0 Å². The van der Waals surface area contributed by atoms with Crippen molar-refractivity contribution in [2.45, 2.75) is 38.6 Å². The van der Waals surface area contributed by atoms with Gasteiger partial charge in [0.25, 0.3) is 0 Å². The van der Waals surface area contributed by atoms with Crippen molar-refractivity contribution in [2.75, 3.05) is 0 Å². The summed E-state index contributed by atoms with van der Waals surface area (Å²) in [6.07, 6.45) is 1.02. The Balaban J connectivity index is 1.89. The van der Waals surface area contributed by atoms with Crippen molar-refractivity contribution in [3.05, 3.63) is 35.4 Å². The van der Waals surface area contributed by atoms with Crippen LogP contribution in [0.3, 0.4) is 0 Å². The quantitative estimate of drug-likeness (QED) is 0.833. The minimum absolute atomic E-state index is 0.0333. The van der Waals surface area contributed by atoms with Crippen molar-refractivity contribution in [3.63, 3.8) is 0 Å². The second kappa shape index (κ2) is 5.78. The monoisotopic (exact) mass is 259 g/mol. The molecule has 1 aliphatic carbocycles. The molecule has 19 heavy (non-hydrogen) atoms. The second-order valence-electron chi connectivity index (χ2n) is 5.00. The zero-order chi connectivity index (χ0) is 13.8. The number of nitrogens with one attached hydrogen (secondary N) is 1. The number of carbonyl (C=O) groups excluding carboxylic acids is 3. The Kier molecular flexibility index (Phi) is 4.10. The summed E-state index contributed by atoms with van der Waals surface area (Å²) >= 11 is 0. The van der Waals surface area contributed by atoms with Crippen molar-refractivity contribution in [3.8, 4) is 0 Å². The zero-order valence-electron chi connectivity index (χ0n) is 10.9. The van der Waals surface area contributed by atoms with Crippen LogP contribution in [0.4, 0.5) is 0 Å². The van der Waals surface area contributed by atoms with Gasteiger partial charge in [0, 0.05) is 6.42 Å². The molecule has 4 nitrogen and oxygen atoms in total. The lowest BCUT2D eigenvalue weighted by Gasteiger charge is -2.21. The van der Waals surface area contributed by atoms with Crippen molar-refractivity contribution in [1.29, 1.82) is 0 Å². The van der Waals surface area contributed by atoms with Crippen LogP contribution in [0.25, 0.3) is 0 Å². The number of hydrogen-bond acceptors (Lipinski definition) is 3. The van der Waals surface area contributed by atoms with E-state index in [0.717, 1.165) is 11.1 Å². The van der Waals surface area contributed by atoms with Gasteiger partial charge in [0.05, 0.1) is 18.9 Å². The number of ketones is 2. The van der Waals surface area contributed by atoms with E-state index in [9.17, 15) is 14.4 Å². The number of aryl methyl sites for hydroxylation is 1. The first kappa shape index (κ1) is 13.5. The molecule has 0 bridgehead atoms. The first-order valence-corrected chi connectivity index (χ1v) is 6.44. The summed E-state index contributed by atoms with van der Waals surface area (Å²) in [5.41, 5.74) is 2.06. The van der Waals surface area contributed by atoms with Crippen LogP contribution in [0.5, 0.6) is 0 Å². The first-order chi connectivity index (χ1) is 9.04. The van der Waals surface area contributed by atoms with Gasteiger partial charge < -0.3 is 5.32 Å². The van der Waals surface area contributed by atoms with Crippen molar-refractivity contribution < 1.29 is 14.4 Å². The Morgan fingerprint density at radius 1 is 1.26 bits per heavy atom. The van der Waals surface area contributed by atoms with Crippen LogP contribution >= 0.6 is 0 Å². The fourth-order valence-corrected chi connectivity index (χ4v) is 2.16. The maximum atomic E-state index is 11.8. The second-order valence-corrected chi connectivity index (χ2v) is 5.00. The van der Waals surface area contributed by atoms with Gasteiger partial charge in [-0.3, -0.25) is 14.4 Å². The minimum Gasteiger partial charge on any atom is -0.346 e. The summed E-state index contributed by atoms with van der Waals surface area (Å²) in [7, 11) is 0. The van der Waals surface area contributed by atoms with Gasteiger partial charge in [0.1, 0.15) is 5.78 Å². The van der Waals surface area contributed by atoms with Crippen LogP contribution in [-0.2, 0) is 20.8 Å². The highest BCUT2D eigenvalue weighted by Crippen LogP contribution is 2.12. The molecule has 0 spiro atoms. The predicted octanol–water partition coefficient (Wildman–Crippen LogP) is 1.34. The van der Waals surface area contributed by atoms with Crippen LogP contribution in [0.1, 0.15) is 30.4 Å². The number of amides is 1. The van der Waals surface area contributed by atoms with E-state index in [1.807, 2.05) is 31.2 Å². The van der Waals surface area contributed by atoms with E-state index in [0.29, 0.717) is 12.8 Å². The molecule has 1 saturated carbocycles. The summed E-state index contributed by atoms with van der Waals surface area (Å²) < 4.78 is 0. The largest absolute Gasteiger partial charge is 0.346 e. The highest BCUT2D eigenvalue weighted by molar-refractivity contribution is 6.05. The summed E-state index contributed by atoms with van der Waals surface area (Å²) in [5, 5.41) is 2.71. The van der Waals surface area contributed by atoms with Gasteiger partial charge in [-0.2, -0.15) is 0 Å². The Hall–Kier alpha value is -1.97. The van der Waals surface area contributed by atoms with E-state index in [-0.39, 0.29) is 30.3 Å². The van der Waals surface area contributed by atoms with Crippen LogP contribution in [-0.4, -0.2) is 23.5 Å². The smallest absolute Gasteiger partial charge is 0.224 e. The first-order valence-electron chi connectivity index (χ1n) is 6.44. The molecule has 0 aliphatic heterocycles. The summed E-state index contributed by atoms with van der Waals surface area (Å²) in [6, 6.07) is 7.22. The number of benzene rings is 1. The van der Waals surface area contributed by atoms with Crippen LogP contribution < -0.4 is 5.32 Å². The summed E-state index contributed by atoms with van der Waals surface area (Å²) in [6.45, 7) is 1.99. The molecule has 1 atom stereocenters. The Morgan fingerprint density at radius 3 is 2.58 bits per heavy atom. The van der Waals surface area contributed by atoms with Crippen molar-refractivity contribution in [1.82, 2.24) is 5.32 Å². The maximum Gasteiger partial charge on any atom is 0.224 e. The van der Waals surface area contributed by atoms with Gasteiger partial charge in [-0.15, -0.1) is 0 Å². The molecule has 1 N–H and O–H groups in total. The molecule has 4 heteroatoms. The average molecular weight is 259 g/mol. The molecule has 2 rings (SSSR count). The topological polar surface area (TPSA) is 63.2 Å². The van der Waals surface area contributed by atoms with E-state index in [2.05, 4.69) is 5.32 Å². The molecular weight excluding hydrogens is 242 g/mol. The standard InChI is InChI=1S/C15H17NO3/c1-10-2-4-11(5-3-10)8-15(19)16-13-7-6-12(17)9-14(13)18/h2-5,13H,6-9H2,1H3,(H,16,19). The third kappa shape index (κ3) is 3.74. The van der Waals surface area contributed by atoms with Gasteiger partial charge in [-0.05, 0) is 18.9 Å². The number of rotatable bonds is 3. The Labute approximate surface area is 112 Å². The van der Waals surface area contributed by atoms with Crippen molar-refractivity contribution >= 4 is 17.5 Å². The molecule has 1 fully saturated rings. The molecule has 0 aromatic heterocycles. The predicted molar refractivity (Wildman–Crippen MR) is 70.7 cm³/mol. The SMILES string of the molecule is Cc1ccc(CC(=O)NC2CCC(=O)CC2=O)cc1. The van der Waals surface area contributed by atoms with E-state index < -0.39 is 6.04 Å². The Bertz CT molecular complexity index is 505. The van der Waals surface area contributed by atoms with Gasteiger partial charge in [-0.1, -0.05) is 29.8 Å². The third-order valence-electron chi connectivity index (χ3n) is 3.29. The van der Waals surface area contributed by atoms with E-state index >= 15 is 0 Å². The number of hydrogen-bond donors (Lipinski definition) is 1. The van der Waals surface area contributed by atoms with Gasteiger partial charge in [-0.25, -0.2) is 0 Å². The molecular formula is C15H17NO3. The highest BCUT2D eigenvalue weighted by Gasteiger charge is 2.27. The van der Waals surface area contributed by atoms with Crippen LogP contribution in [0.2, 0.25) is 0 Å². The fourth-order valence-electron chi connectivity index (χ4n) is 2.16. The normalized spacial score (nSPS) is 19.3. The van der Waals surface area contributed by atoms with E-state index in [1.165, 1.54) is 0 Å². The Morgan fingerprint density at radius 2 is 1.95 bits per heavy atom. The molecule has 100 valence electrons. The molecule has 0 heterocycles. The molecule has 0 saturated heterocycles. The lowest BCUT2D eigenvalue weighted by Crippen LogP contribution is -2.44. The molecule has 1 aromatic rings.